The SMILES string of the molecule is C[C@@H]1CCCN1Cc1cc(C(F)(F)F)c2cn(-c3cccc(C(c4nncn4C)C4CCC4)c3)c(=O)n2c1. The molecular formula is C28H31F3N6O. The van der Waals surface area contributed by atoms with Gasteiger partial charge in [-0.15, -0.1) is 10.2 Å². The van der Waals surface area contributed by atoms with Crippen LogP contribution in [0.15, 0.2) is 53.8 Å². The van der Waals surface area contributed by atoms with Gasteiger partial charge in [-0.25, -0.2) is 4.79 Å². The van der Waals surface area contributed by atoms with Crippen molar-refractivity contribution in [3.05, 3.63) is 82.1 Å². The topological polar surface area (TPSA) is 60.4 Å². The summed E-state index contributed by atoms with van der Waals surface area (Å²) in [7, 11) is 1.91. The number of alkyl halides is 3. The number of benzene rings is 1. The van der Waals surface area contributed by atoms with Crippen LogP contribution >= 0.6 is 0 Å². The summed E-state index contributed by atoms with van der Waals surface area (Å²) in [6.07, 6.45) is 5.32. The highest BCUT2D eigenvalue weighted by molar-refractivity contribution is 5.58. The second-order valence-electron chi connectivity index (χ2n) is 10.8. The van der Waals surface area contributed by atoms with Crippen LogP contribution in [-0.4, -0.2) is 41.2 Å². The van der Waals surface area contributed by atoms with E-state index < -0.39 is 17.4 Å². The van der Waals surface area contributed by atoms with Crippen LogP contribution in [0.3, 0.4) is 0 Å². The standard InChI is InChI=1S/C28H31F3N6O/c1-18-6-5-11-35(18)14-19-12-23(28(29,30)31)24-16-36(27(38)37(24)15-19)22-10-4-9-21(13-22)25(20-7-3-8-20)26-33-32-17-34(26)2/h4,9-10,12-13,15-18,20,25H,3,5-8,11,14H2,1-2H3/t18-,25?/m1/s1. The number of nitrogens with zero attached hydrogens (tertiary/aromatic N) is 6. The van der Waals surface area contributed by atoms with Gasteiger partial charge in [-0.1, -0.05) is 18.6 Å². The number of hydrogen-bond donors (Lipinski definition) is 0. The first kappa shape index (κ1) is 24.9. The van der Waals surface area contributed by atoms with E-state index in [0.717, 1.165) is 54.4 Å². The van der Waals surface area contributed by atoms with Gasteiger partial charge in [0.05, 0.1) is 16.8 Å². The summed E-state index contributed by atoms with van der Waals surface area (Å²) in [5.41, 5.74) is 0.545. The fourth-order valence-electron chi connectivity index (χ4n) is 6.05. The molecule has 1 unspecified atom stereocenters. The minimum absolute atomic E-state index is 0.00345. The summed E-state index contributed by atoms with van der Waals surface area (Å²) in [5.74, 6) is 1.26. The van der Waals surface area contributed by atoms with Gasteiger partial charge >= 0.3 is 11.9 Å². The molecule has 200 valence electrons. The maximum Gasteiger partial charge on any atom is 0.418 e. The van der Waals surface area contributed by atoms with Gasteiger partial charge < -0.3 is 4.57 Å². The fraction of sp³-hybridized carbons (Fsp3) is 0.464. The van der Waals surface area contributed by atoms with E-state index in [1.54, 1.807) is 18.6 Å². The summed E-state index contributed by atoms with van der Waals surface area (Å²) in [6.45, 7) is 3.31. The predicted molar refractivity (Wildman–Crippen MR) is 137 cm³/mol. The lowest BCUT2D eigenvalue weighted by Crippen LogP contribution is -2.27. The first-order chi connectivity index (χ1) is 18.2. The van der Waals surface area contributed by atoms with Crippen molar-refractivity contribution < 1.29 is 13.2 Å². The van der Waals surface area contributed by atoms with Crippen LogP contribution in [0.4, 0.5) is 13.2 Å². The third kappa shape index (κ3) is 4.34. The van der Waals surface area contributed by atoms with Gasteiger partial charge in [0.25, 0.3) is 0 Å². The number of pyridine rings is 1. The van der Waals surface area contributed by atoms with E-state index in [2.05, 4.69) is 22.0 Å². The molecule has 1 saturated carbocycles. The quantitative estimate of drug-likeness (QED) is 0.350. The summed E-state index contributed by atoms with van der Waals surface area (Å²) in [4.78, 5) is 15.7. The molecule has 38 heavy (non-hydrogen) atoms. The maximum absolute atomic E-state index is 14.2. The van der Waals surface area contributed by atoms with Gasteiger partial charge in [0.2, 0.25) is 0 Å². The average molecular weight is 525 g/mol. The minimum Gasteiger partial charge on any atom is -0.320 e. The van der Waals surface area contributed by atoms with Crippen LogP contribution in [0.1, 0.15) is 67.5 Å². The fourth-order valence-corrected chi connectivity index (χ4v) is 6.05. The average Bonchev–Trinajstić information content (AvgIpc) is 3.55. The molecule has 1 saturated heterocycles. The van der Waals surface area contributed by atoms with Crippen LogP contribution < -0.4 is 5.69 Å². The Hall–Kier alpha value is -3.40. The van der Waals surface area contributed by atoms with Crippen molar-refractivity contribution in [2.24, 2.45) is 13.0 Å². The maximum atomic E-state index is 14.2. The Balaban J connectivity index is 1.44. The number of imidazole rings is 1. The summed E-state index contributed by atoms with van der Waals surface area (Å²) in [6, 6.07) is 9.02. The molecule has 7 nitrogen and oxygen atoms in total. The van der Waals surface area contributed by atoms with Crippen molar-refractivity contribution >= 4 is 5.52 Å². The molecule has 2 atom stereocenters. The lowest BCUT2D eigenvalue weighted by molar-refractivity contribution is -0.136. The molecule has 0 bridgehead atoms. The molecule has 2 aliphatic rings. The summed E-state index contributed by atoms with van der Waals surface area (Å²) < 4.78 is 46.9. The third-order valence-corrected chi connectivity index (χ3v) is 8.36. The van der Waals surface area contributed by atoms with Gasteiger partial charge in [0.1, 0.15) is 12.2 Å². The zero-order chi connectivity index (χ0) is 26.6. The van der Waals surface area contributed by atoms with Crippen molar-refractivity contribution in [2.45, 2.75) is 63.7 Å². The largest absolute Gasteiger partial charge is 0.418 e. The molecule has 1 aliphatic heterocycles. The highest BCUT2D eigenvalue weighted by atomic mass is 19.4. The Morgan fingerprint density at radius 2 is 1.92 bits per heavy atom. The van der Waals surface area contributed by atoms with E-state index in [0.29, 0.717) is 29.8 Å². The van der Waals surface area contributed by atoms with Gasteiger partial charge in [-0.3, -0.25) is 13.9 Å². The molecule has 0 spiro atoms. The molecule has 0 radical (unpaired) electrons. The molecule has 4 aromatic rings. The number of likely N-dealkylation sites (tertiary alicyclic amines) is 1. The number of aromatic nitrogens is 5. The van der Waals surface area contributed by atoms with E-state index in [-0.39, 0.29) is 11.4 Å². The van der Waals surface area contributed by atoms with E-state index in [4.69, 9.17) is 0 Å². The Kier molecular flexibility index (Phi) is 6.17. The lowest BCUT2D eigenvalue weighted by Gasteiger charge is -2.33. The highest BCUT2D eigenvalue weighted by Crippen LogP contribution is 2.43. The van der Waals surface area contributed by atoms with Gasteiger partial charge in [0, 0.05) is 37.9 Å². The third-order valence-electron chi connectivity index (χ3n) is 8.36. The van der Waals surface area contributed by atoms with Gasteiger partial charge in [-0.05, 0) is 74.4 Å². The van der Waals surface area contributed by atoms with Crippen LogP contribution in [0.2, 0.25) is 0 Å². The predicted octanol–water partition coefficient (Wildman–Crippen LogP) is 5.15. The van der Waals surface area contributed by atoms with E-state index >= 15 is 0 Å². The summed E-state index contributed by atoms with van der Waals surface area (Å²) >= 11 is 0. The van der Waals surface area contributed by atoms with Crippen molar-refractivity contribution in [3.63, 3.8) is 0 Å². The number of halogens is 3. The number of rotatable bonds is 6. The molecule has 4 heterocycles. The molecule has 0 N–H and O–H groups in total. The zero-order valence-electron chi connectivity index (χ0n) is 21.5. The van der Waals surface area contributed by atoms with E-state index in [1.807, 2.05) is 29.8 Å². The lowest BCUT2D eigenvalue weighted by atomic mass is 9.72. The number of fused-ring (bicyclic) bond motifs is 1. The first-order valence-electron chi connectivity index (χ1n) is 13.2. The Labute approximate surface area is 218 Å². The molecular weight excluding hydrogens is 493 g/mol. The van der Waals surface area contributed by atoms with Crippen LogP contribution in [0.5, 0.6) is 0 Å². The normalized spacial score (nSPS) is 19.8. The van der Waals surface area contributed by atoms with Gasteiger partial charge in [-0.2, -0.15) is 13.2 Å². The monoisotopic (exact) mass is 524 g/mol. The minimum atomic E-state index is -4.58. The summed E-state index contributed by atoms with van der Waals surface area (Å²) in [5, 5.41) is 8.42. The van der Waals surface area contributed by atoms with Crippen molar-refractivity contribution in [2.75, 3.05) is 6.54 Å². The Morgan fingerprint density at radius 1 is 1.11 bits per heavy atom. The highest BCUT2D eigenvalue weighted by Gasteiger charge is 2.36. The molecule has 6 rings (SSSR count). The number of hydrogen-bond acceptors (Lipinski definition) is 4. The van der Waals surface area contributed by atoms with Crippen molar-refractivity contribution in [3.8, 4) is 5.69 Å². The number of aryl methyl sites for hydroxylation is 1. The van der Waals surface area contributed by atoms with Crippen molar-refractivity contribution in [1.82, 2.24) is 28.6 Å². The first-order valence-corrected chi connectivity index (χ1v) is 13.2. The van der Waals surface area contributed by atoms with E-state index in [1.165, 1.54) is 16.8 Å². The molecule has 0 amide bonds. The molecule has 1 aliphatic carbocycles. The van der Waals surface area contributed by atoms with Crippen LogP contribution in [0.25, 0.3) is 11.2 Å². The second-order valence-corrected chi connectivity index (χ2v) is 10.8. The van der Waals surface area contributed by atoms with Crippen molar-refractivity contribution in [1.29, 1.82) is 0 Å². The van der Waals surface area contributed by atoms with Crippen LogP contribution in [-0.2, 0) is 19.8 Å². The van der Waals surface area contributed by atoms with E-state index in [9.17, 15) is 18.0 Å². The Bertz CT molecular complexity index is 1530. The zero-order valence-corrected chi connectivity index (χ0v) is 21.5. The molecule has 2 fully saturated rings. The second kappa shape index (κ2) is 9.41. The van der Waals surface area contributed by atoms with Crippen LogP contribution in [0, 0.1) is 5.92 Å². The smallest absolute Gasteiger partial charge is 0.320 e. The Morgan fingerprint density at radius 3 is 2.55 bits per heavy atom. The molecule has 10 heteroatoms. The van der Waals surface area contributed by atoms with Gasteiger partial charge in [0.15, 0.2) is 0 Å². The molecule has 3 aromatic heterocycles. The molecule has 1 aromatic carbocycles.